The molecule has 1 aromatic rings. The first kappa shape index (κ1) is 17.9. The Morgan fingerprint density at radius 1 is 1.43 bits per heavy atom. The van der Waals surface area contributed by atoms with Crippen molar-refractivity contribution in [2.75, 3.05) is 6.54 Å². The summed E-state index contributed by atoms with van der Waals surface area (Å²) >= 11 is 7.60. The van der Waals surface area contributed by atoms with Crippen LogP contribution in [0.5, 0.6) is 0 Å². The summed E-state index contributed by atoms with van der Waals surface area (Å²) in [4.78, 5) is 13.8. The van der Waals surface area contributed by atoms with E-state index in [1.54, 1.807) is 13.8 Å². The number of carbonyl (C=O) groups excluding carboxylic acids is 1. The van der Waals surface area contributed by atoms with Crippen molar-refractivity contribution in [3.05, 3.63) is 33.8 Å². The Balaban J connectivity index is 3.20. The SMILES string of the molecule is CC(C)N(CC(N)=S)C(=O)c1ccc(Br)c(C(F)(F)F)c1. The van der Waals surface area contributed by atoms with Crippen LogP contribution >= 0.6 is 28.1 Å². The molecule has 21 heavy (non-hydrogen) atoms. The molecule has 0 unspecified atom stereocenters. The normalized spacial score (nSPS) is 11.6. The van der Waals surface area contributed by atoms with E-state index in [4.69, 9.17) is 18.0 Å². The number of rotatable bonds is 4. The predicted molar refractivity (Wildman–Crippen MR) is 82.1 cm³/mol. The predicted octanol–water partition coefficient (Wildman–Crippen LogP) is 3.60. The van der Waals surface area contributed by atoms with Crippen molar-refractivity contribution in [3.63, 3.8) is 0 Å². The average Bonchev–Trinajstić information content (AvgIpc) is 2.33. The van der Waals surface area contributed by atoms with Gasteiger partial charge in [0.25, 0.3) is 5.91 Å². The summed E-state index contributed by atoms with van der Waals surface area (Å²) in [5.41, 5.74) is 4.46. The maximum absolute atomic E-state index is 12.9. The first-order valence-electron chi connectivity index (χ1n) is 6.00. The summed E-state index contributed by atoms with van der Waals surface area (Å²) in [5.74, 6) is -0.546. The number of alkyl halides is 3. The van der Waals surface area contributed by atoms with Crippen LogP contribution in [0.15, 0.2) is 22.7 Å². The number of halogens is 4. The molecule has 2 N–H and O–H groups in total. The van der Waals surface area contributed by atoms with Crippen LogP contribution < -0.4 is 5.73 Å². The molecule has 0 fully saturated rings. The van der Waals surface area contributed by atoms with Crippen LogP contribution in [0.4, 0.5) is 13.2 Å². The van der Waals surface area contributed by atoms with Crippen molar-refractivity contribution < 1.29 is 18.0 Å². The largest absolute Gasteiger partial charge is 0.417 e. The molecule has 1 amide bonds. The van der Waals surface area contributed by atoms with Gasteiger partial charge in [0.1, 0.15) is 0 Å². The van der Waals surface area contributed by atoms with Crippen LogP contribution in [0.2, 0.25) is 0 Å². The summed E-state index contributed by atoms with van der Waals surface area (Å²) in [6.07, 6.45) is -4.54. The van der Waals surface area contributed by atoms with Gasteiger partial charge in [0, 0.05) is 16.1 Å². The number of nitrogens with two attached hydrogens (primary N) is 1. The molecule has 0 aromatic heterocycles. The molecule has 3 nitrogen and oxygen atoms in total. The molecule has 1 aromatic carbocycles. The smallest absolute Gasteiger partial charge is 0.392 e. The maximum atomic E-state index is 12.9. The second-order valence-corrected chi connectivity index (χ2v) is 6.06. The van der Waals surface area contributed by atoms with Gasteiger partial charge in [0.2, 0.25) is 0 Å². The first-order valence-corrected chi connectivity index (χ1v) is 7.20. The highest BCUT2D eigenvalue weighted by molar-refractivity contribution is 9.10. The van der Waals surface area contributed by atoms with Crippen LogP contribution in [-0.2, 0) is 6.18 Å². The molecule has 0 spiro atoms. The molecule has 1 rings (SSSR count). The summed E-state index contributed by atoms with van der Waals surface area (Å²) in [6.45, 7) is 3.49. The average molecular weight is 383 g/mol. The fourth-order valence-corrected chi connectivity index (χ4v) is 2.31. The van der Waals surface area contributed by atoms with Gasteiger partial charge >= 0.3 is 6.18 Å². The Bertz CT molecular complexity index is 561. The van der Waals surface area contributed by atoms with Crippen molar-refractivity contribution in [2.45, 2.75) is 26.1 Å². The Morgan fingerprint density at radius 2 is 2.00 bits per heavy atom. The van der Waals surface area contributed by atoms with Gasteiger partial charge in [-0.2, -0.15) is 13.2 Å². The number of hydrogen-bond acceptors (Lipinski definition) is 2. The Labute approximate surface area is 134 Å². The van der Waals surface area contributed by atoms with Gasteiger partial charge < -0.3 is 10.6 Å². The van der Waals surface area contributed by atoms with E-state index in [1.807, 2.05) is 0 Å². The van der Waals surface area contributed by atoms with Crippen LogP contribution in [0.25, 0.3) is 0 Å². The maximum Gasteiger partial charge on any atom is 0.417 e. The van der Waals surface area contributed by atoms with Crippen molar-refractivity contribution in [2.24, 2.45) is 5.73 Å². The van der Waals surface area contributed by atoms with E-state index in [-0.39, 0.29) is 27.6 Å². The fraction of sp³-hybridized carbons (Fsp3) is 0.385. The molecule has 0 heterocycles. The van der Waals surface area contributed by atoms with Crippen molar-refractivity contribution >= 4 is 39.0 Å². The topological polar surface area (TPSA) is 46.3 Å². The van der Waals surface area contributed by atoms with Gasteiger partial charge in [-0.1, -0.05) is 28.1 Å². The number of amides is 1. The van der Waals surface area contributed by atoms with E-state index in [2.05, 4.69) is 15.9 Å². The number of hydrogen-bond donors (Lipinski definition) is 1. The fourth-order valence-electron chi connectivity index (χ4n) is 1.70. The van der Waals surface area contributed by atoms with Gasteiger partial charge in [-0.15, -0.1) is 0 Å². The molecule has 0 radical (unpaired) electrons. The minimum absolute atomic E-state index is 0.0171. The lowest BCUT2D eigenvalue weighted by molar-refractivity contribution is -0.138. The van der Waals surface area contributed by atoms with Crippen LogP contribution in [0.1, 0.15) is 29.8 Å². The zero-order chi connectivity index (χ0) is 16.4. The number of thiocarbonyl (C=S) groups is 1. The summed E-state index contributed by atoms with van der Waals surface area (Å²) < 4.78 is 38.5. The molecule has 8 heteroatoms. The first-order chi connectivity index (χ1) is 9.54. The highest BCUT2D eigenvalue weighted by Gasteiger charge is 2.34. The Hall–Kier alpha value is -1.15. The van der Waals surface area contributed by atoms with Gasteiger partial charge in [-0.05, 0) is 32.0 Å². The van der Waals surface area contributed by atoms with E-state index in [0.717, 1.165) is 6.07 Å². The van der Waals surface area contributed by atoms with Gasteiger partial charge in [-0.25, -0.2) is 0 Å². The number of nitrogens with zero attached hydrogens (tertiary/aromatic N) is 1. The Morgan fingerprint density at radius 3 is 2.43 bits per heavy atom. The monoisotopic (exact) mass is 382 g/mol. The second kappa shape index (κ2) is 6.74. The molecule has 116 valence electrons. The minimum atomic E-state index is -4.54. The van der Waals surface area contributed by atoms with Gasteiger partial charge in [0.05, 0.1) is 17.1 Å². The molecule has 0 saturated heterocycles. The lowest BCUT2D eigenvalue weighted by Crippen LogP contribution is -2.42. The zero-order valence-corrected chi connectivity index (χ0v) is 13.8. The standard InChI is InChI=1S/C13H14BrF3N2OS/c1-7(2)19(6-11(18)21)12(20)8-3-4-10(14)9(5-8)13(15,16)17/h3-5,7H,6H2,1-2H3,(H2,18,21). The van der Waals surface area contributed by atoms with Crippen molar-refractivity contribution in [1.29, 1.82) is 0 Å². The molecule has 0 aliphatic rings. The molecule has 0 atom stereocenters. The molecule has 0 aliphatic heterocycles. The van der Waals surface area contributed by atoms with Crippen molar-refractivity contribution in [3.8, 4) is 0 Å². The third kappa shape index (κ3) is 4.67. The van der Waals surface area contributed by atoms with Gasteiger partial charge in [0.15, 0.2) is 0 Å². The van der Waals surface area contributed by atoms with E-state index >= 15 is 0 Å². The van der Waals surface area contributed by atoms with Crippen LogP contribution in [-0.4, -0.2) is 28.4 Å². The summed E-state index contributed by atoms with van der Waals surface area (Å²) in [7, 11) is 0. The van der Waals surface area contributed by atoms with E-state index in [9.17, 15) is 18.0 Å². The van der Waals surface area contributed by atoms with E-state index in [0.29, 0.717) is 0 Å². The zero-order valence-electron chi connectivity index (χ0n) is 11.4. The molecule has 0 saturated carbocycles. The lowest BCUT2D eigenvalue weighted by Gasteiger charge is -2.26. The minimum Gasteiger partial charge on any atom is -0.392 e. The van der Waals surface area contributed by atoms with E-state index < -0.39 is 17.6 Å². The number of carbonyl (C=O) groups is 1. The lowest BCUT2D eigenvalue weighted by atomic mass is 10.1. The van der Waals surface area contributed by atoms with Gasteiger partial charge in [-0.3, -0.25) is 4.79 Å². The summed E-state index contributed by atoms with van der Waals surface area (Å²) in [5, 5.41) is 0. The third-order valence-electron chi connectivity index (χ3n) is 2.73. The second-order valence-electron chi connectivity index (χ2n) is 4.69. The third-order valence-corrected chi connectivity index (χ3v) is 3.55. The molecular weight excluding hydrogens is 369 g/mol. The molecular formula is C13H14BrF3N2OS. The molecule has 0 aliphatic carbocycles. The quantitative estimate of drug-likeness (QED) is 0.809. The number of benzene rings is 1. The Kier molecular flexibility index (Phi) is 5.75. The van der Waals surface area contributed by atoms with E-state index in [1.165, 1.54) is 17.0 Å². The molecule has 0 bridgehead atoms. The van der Waals surface area contributed by atoms with Crippen molar-refractivity contribution in [1.82, 2.24) is 4.90 Å². The highest BCUT2D eigenvalue weighted by atomic mass is 79.9. The summed E-state index contributed by atoms with van der Waals surface area (Å²) in [6, 6.07) is 3.12. The van der Waals surface area contributed by atoms with Crippen LogP contribution in [0, 0.1) is 0 Å². The van der Waals surface area contributed by atoms with Crippen LogP contribution in [0.3, 0.4) is 0 Å². The highest BCUT2D eigenvalue weighted by Crippen LogP contribution is 2.35.